The summed E-state index contributed by atoms with van der Waals surface area (Å²) in [5.74, 6) is -4.09. The van der Waals surface area contributed by atoms with E-state index in [1.165, 1.54) is 64.2 Å². The monoisotopic (exact) mass is 688 g/mol. The van der Waals surface area contributed by atoms with Crippen LogP contribution in [0, 0.1) is 0 Å². The second-order valence-corrected chi connectivity index (χ2v) is 13.9. The molecule has 0 aromatic carbocycles. The van der Waals surface area contributed by atoms with Gasteiger partial charge in [0.15, 0.2) is 0 Å². The number of aliphatic carboxylic acids is 2. The minimum absolute atomic E-state index is 0.0736. The fraction of sp³-hybridized carbons (Fsp3) is 0.750. The van der Waals surface area contributed by atoms with Gasteiger partial charge in [0.1, 0.15) is 0 Å². The van der Waals surface area contributed by atoms with Crippen molar-refractivity contribution in [3.8, 4) is 0 Å². The Morgan fingerprint density at radius 1 is 0.488 bits per heavy atom. The topological polar surface area (TPSA) is 133 Å². The number of carboxylic acids is 2. The van der Waals surface area contributed by atoms with Gasteiger partial charge in [-0.1, -0.05) is 26.7 Å². The van der Waals surface area contributed by atoms with Crippen molar-refractivity contribution in [3.05, 3.63) is 24.3 Å². The Labute approximate surface area is 259 Å². The van der Waals surface area contributed by atoms with E-state index in [9.17, 15) is 29.4 Å². The van der Waals surface area contributed by atoms with Crippen molar-refractivity contribution >= 4 is 45.0 Å². The summed E-state index contributed by atoms with van der Waals surface area (Å²) in [6.07, 6.45) is 24.2. The van der Waals surface area contributed by atoms with Gasteiger partial charge in [-0.3, -0.25) is 0 Å². The van der Waals surface area contributed by atoms with Gasteiger partial charge >= 0.3 is 133 Å². The number of carboxylic acid groups (broad SMARTS) is 2. The maximum Gasteiger partial charge on any atom is 0.330 e. The van der Waals surface area contributed by atoms with Crippen molar-refractivity contribution in [2.45, 2.75) is 139 Å². The van der Waals surface area contributed by atoms with Crippen molar-refractivity contribution in [3.63, 3.8) is 0 Å². The number of hydrogen-bond acceptors (Lipinski definition) is 8. The van der Waals surface area contributed by atoms with Gasteiger partial charge in [0.25, 0.3) is 0 Å². The molecule has 0 aliphatic rings. The van der Waals surface area contributed by atoms with Gasteiger partial charge in [-0.25, -0.2) is 9.59 Å². The smallest absolute Gasteiger partial charge is 0.330 e. The first-order valence-electron chi connectivity index (χ1n) is 15.6. The molecule has 0 atom stereocenters. The van der Waals surface area contributed by atoms with E-state index in [1.54, 1.807) is 21.7 Å². The van der Waals surface area contributed by atoms with Crippen LogP contribution in [0.1, 0.15) is 130 Å². The molecule has 0 saturated carbocycles. The van der Waals surface area contributed by atoms with Crippen molar-refractivity contribution < 1.29 is 38.9 Å². The summed E-state index contributed by atoms with van der Waals surface area (Å²) in [5.41, 5.74) is 0. The third-order valence-electron chi connectivity index (χ3n) is 5.61. The van der Waals surface area contributed by atoms with Crippen LogP contribution in [-0.4, -0.2) is 58.2 Å². The predicted octanol–water partition coefficient (Wildman–Crippen LogP) is 5.52. The van der Waals surface area contributed by atoms with Crippen LogP contribution in [0.15, 0.2) is 24.3 Å². The van der Waals surface area contributed by atoms with Crippen LogP contribution < -0.4 is 10.2 Å². The number of carbonyl (C=O) groups is 4. The molecule has 0 unspecified atom stereocenters. The van der Waals surface area contributed by atoms with Crippen LogP contribution in [0.2, 0.25) is 8.87 Å². The van der Waals surface area contributed by atoms with Crippen LogP contribution in [0.4, 0.5) is 0 Å². The summed E-state index contributed by atoms with van der Waals surface area (Å²) in [6.45, 7) is 9.18. The molecular formula is C32H56O8Sn. The van der Waals surface area contributed by atoms with E-state index < -0.39 is 23.9 Å². The maximum absolute atomic E-state index is 10.6. The van der Waals surface area contributed by atoms with Gasteiger partial charge in [-0.15, -0.1) is 0 Å². The van der Waals surface area contributed by atoms with E-state index in [4.69, 9.17) is 0 Å². The number of rotatable bonds is 24. The second kappa shape index (κ2) is 38.2. The average Bonchev–Trinajstić information content (AvgIpc) is 2.94. The predicted molar refractivity (Wildman–Crippen MR) is 162 cm³/mol. The molecule has 0 spiro atoms. The molecular weight excluding hydrogens is 631 g/mol. The van der Waals surface area contributed by atoms with E-state index in [2.05, 4.69) is 23.3 Å². The molecule has 0 N–H and O–H groups in total. The van der Waals surface area contributed by atoms with Crippen LogP contribution in [0.25, 0.3) is 0 Å². The number of hydrogen-bond donors (Lipinski definition) is 0. The minimum atomic E-state index is -1.40. The first-order valence-corrected chi connectivity index (χ1v) is 19.6. The molecule has 0 aliphatic carbocycles. The van der Waals surface area contributed by atoms with Crippen molar-refractivity contribution in [1.82, 2.24) is 0 Å². The molecule has 0 saturated heterocycles. The van der Waals surface area contributed by atoms with E-state index >= 15 is 0 Å². The first-order chi connectivity index (χ1) is 19.7. The molecule has 0 aliphatic heterocycles. The van der Waals surface area contributed by atoms with Gasteiger partial charge in [-0.05, 0) is 25.0 Å². The average molecular weight is 688 g/mol. The molecule has 236 valence electrons. The third-order valence-corrected chi connectivity index (χ3v) is 9.65. The maximum atomic E-state index is 10.6. The van der Waals surface area contributed by atoms with Crippen molar-refractivity contribution in [2.24, 2.45) is 0 Å². The number of carbonyl (C=O) groups excluding carboxylic acids is 4. The Morgan fingerprint density at radius 3 is 1.12 bits per heavy atom. The fourth-order valence-electron chi connectivity index (χ4n) is 3.19. The van der Waals surface area contributed by atoms with Crippen LogP contribution >= 0.6 is 0 Å². The molecule has 0 fully saturated rings. The summed E-state index contributed by atoms with van der Waals surface area (Å²) < 4.78 is 12.5. The Balaban J connectivity index is -0.000000542. The molecule has 0 rings (SSSR count). The summed E-state index contributed by atoms with van der Waals surface area (Å²) >= 11 is 0.0736. The van der Waals surface area contributed by atoms with E-state index in [0.717, 1.165) is 37.8 Å². The zero-order chi connectivity index (χ0) is 31.4. The van der Waals surface area contributed by atoms with Gasteiger partial charge in [0.2, 0.25) is 0 Å². The Kier molecular flexibility index (Phi) is 40.6. The molecule has 0 aromatic heterocycles. The molecule has 0 bridgehead atoms. The molecule has 41 heavy (non-hydrogen) atoms. The van der Waals surface area contributed by atoms with Crippen molar-refractivity contribution in [2.75, 3.05) is 13.2 Å². The summed E-state index contributed by atoms with van der Waals surface area (Å²) in [4.78, 5) is 40.9. The largest absolute Gasteiger partial charge is 0.545 e. The van der Waals surface area contributed by atoms with Crippen molar-refractivity contribution in [1.29, 1.82) is 0 Å². The molecule has 0 amide bonds. The Hall–Kier alpha value is -1.84. The van der Waals surface area contributed by atoms with E-state index in [0.29, 0.717) is 25.4 Å². The first kappa shape index (κ1) is 43.6. The summed E-state index contributed by atoms with van der Waals surface area (Å²) in [5, 5.41) is 19.7. The van der Waals surface area contributed by atoms with Crippen LogP contribution in [0.5, 0.6) is 0 Å². The molecule has 0 heterocycles. The van der Waals surface area contributed by atoms with Gasteiger partial charge in [0.05, 0.1) is 25.2 Å². The Morgan fingerprint density at radius 2 is 0.805 bits per heavy atom. The number of unbranched alkanes of at least 4 members (excludes halogenated alkanes) is 12. The molecule has 0 radical (unpaired) electrons. The van der Waals surface area contributed by atoms with Gasteiger partial charge < -0.3 is 29.3 Å². The number of esters is 2. The van der Waals surface area contributed by atoms with Crippen LogP contribution in [0.3, 0.4) is 0 Å². The molecule has 8 nitrogen and oxygen atoms in total. The van der Waals surface area contributed by atoms with E-state index in [1.807, 2.05) is 13.8 Å². The summed E-state index contributed by atoms with van der Waals surface area (Å²) in [6, 6.07) is 0. The molecule has 9 heteroatoms. The van der Waals surface area contributed by atoms with Gasteiger partial charge in [-0.2, -0.15) is 0 Å². The SMILES string of the molecule is CCCCCCC[CH2][Sn+2][CH2]CCCCCCC.CCCCOC(=O)/C=C\C(=O)[O-].CCCCOC(=O)/C=C\C(=O)[O-]. The normalized spacial score (nSPS) is 10.2. The van der Waals surface area contributed by atoms with Crippen LogP contribution in [-0.2, 0) is 28.7 Å². The molecule has 0 aromatic rings. The Bertz CT molecular complexity index is 621. The standard InChI is InChI=1S/2C8H12O4.2C8H17.Sn/c2*1-2-3-6-12-8(11)5-4-7(9)10;2*1-3-5-7-8-6-4-2;/h2*4-5H,2-3,6H2,1H3,(H,9,10);2*1,3-8H2,2H3;/q;;;;+2/p-2/b2*5-4-;;;. The quantitative estimate of drug-likeness (QED) is 0.0561. The third kappa shape index (κ3) is 48.2. The summed E-state index contributed by atoms with van der Waals surface area (Å²) in [7, 11) is 0. The van der Waals surface area contributed by atoms with E-state index in [-0.39, 0.29) is 21.1 Å². The second-order valence-electron chi connectivity index (χ2n) is 9.63. The fourth-order valence-corrected chi connectivity index (χ4v) is 6.76. The zero-order valence-electron chi connectivity index (χ0n) is 26.2. The minimum Gasteiger partial charge on any atom is -0.545 e. The number of ether oxygens (including phenoxy) is 2. The zero-order valence-corrected chi connectivity index (χ0v) is 29.1. The van der Waals surface area contributed by atoms with Gasteiger partial charge in [0, 0.05) is 12.2 Å².